The molecule has 3 nitrogen and oxygen atoms in total. The van der Waals surface area contributed by atoms with Crippen molar-refractivity contribution in [2.45, 2.75) is 38.1 Å². The molecule has 0 aromatic heterocycles. The van der Waals surface area contributed by atoms with E-state index in [0.29, 0.717) is 12.0 Å². The lowest BCUT2D eigenvalue weighted by molar-refractivity contribution is -0.122. The van der Waals surface area contributed by atoms with E-state index >= 15 is 0 Å². The van der Waals surface area contributed by atoms with Gasteiger partial charge in [-0.3, -0.25) is 4.79 Å². The monoisotopic (exact) mass is 258 g/mol. The van der Waals surface area contributed by atoms with Crippen LogP contribution in [-0.4, -0.2) is 25.0 Å². The third kappa shape index (κ3) is 3.35. The van der Waals surface area contributed by atoms with Crippen molar-refractivity contribution in [2.75, 3.05) is 13.1 Å². The van der Waals surface area contributed by atoms with Crippen molar-refractivity contribution in [3.63, 3.8) is 0 Å². The second-order valence-electron chi connectivity index (χ2n) is 5.73. The fraction of sp³-hybridized carbons (Fsp3) is 0.562. The first-order valence-corrected chi connectivity index (χ1v) is 7.41. The summed E-state index contributed by atoms with van der Waals surface area (Å²) in [5.41, 5.74) is 2.98. The molecule has 0 spiro atoms. The molecule has 19 heavy (non-hydrogen) atoms. The Bertz CT molecular complexity index is 454. The third-order valence-corrected chi connectivity index (χ3v) is 4.15. The van der Waals surface area contributed by atoms with Gasteiger partial charge in [0.2, 0.25) is 5.91 Å². The highest BCUT2D eigenvalue weighted by Crippen LogP contribution is 2.28. The van der Waals surface area contributed by atoms with E-state index in [1.165, 1.54) is 24.0 Å². The van der Waals surface area contributed by atoms with E-state index in [9.17, 15) is 4.79 Å². The molecule has 1 amide bonds. The van der Waals surface area contributed by atoms with E-state index in [-0.39, 0.29) is 5.91 Å². The molecular formula is C16H22N2O. The molecule has 1 atom stereocenters. The Morgan fingerprint density at radius 3 is 2.68 bits per heavy atom. The van der Waals surface area contributed by atoms with E-state index in [1.807, 2.05) is 0 Å². The fourth-order valence-corrected chi connectivity index (χ4v) is 2.82. The average Bonchev–Trinajstić information content (AvgIpc) is 3.28. The molecule has 1 aromatic carbocycles. The summed E-state index contributed by atoms with van der Waals surface area (Å²) in [5, 5.41) is 6.56. The minimum Gasteiger partial charge on any atom is -0.355 e. The van der Waals surface area contributed by atoms with Gasteiger partial charge < -0.3 is 10.6 Å². The van der Waals surface area contributed by atoms with Crippen molar-refractivity contribution in [3.8, 4) is 0 Å². The largest absolute Gasteiger partial charge is 0.355 e. The number of carbonyl (C=O) groups excluding carboxylic acids is 1. The molecule has 2 aliphatic rings. The van der Waals surface area contributed by atoms with Crippen LogP contribution in [0.2, 0.25) is 0 Å². The lowest BCUT2D eigenvalue weighted by Crippen LogP contribution is -2.40. The van der Waals surface area contributed by atoms with E-state index in [4.69, 9.17) is 0 Å². The number of amides is 1. The predicted molar refractivity (Wildman–Crippen MR) is 76.0 cm³/mol. The Hall–Kier alpha value is -1.35. The van der Waals surface area contributed by atoms with E-state index in [2.05, 4.69) is 34.9 Å². The van der Waals surface area contributed by atoms with Crippen LogP contribution in [0.3, 0.4) is 0 Å². The summed E-state index contributed by atoms with van der Waals surface area (Å²) in [6, 6.07) is 9.28. The smallest absolute Gasteiger partial charge is 0.223 e. The van der Waals surface area contributed by atoms with Gasteiger partial charge in [-0.2, -0.15) is 0 Å². The van der Waals surface area contributed by atoms with Gasteiger partial charge in [0.15, 0.2) is 0 Å². The number of rotatable bonds is 5. The van der Waals surface area contributed by atoms with Gasteiger partial charge in [0, 0.05) is 25.0 Å². The number of hydrogen-bond acceptors (Lipinski definition) is 2. The van der Waals surface area contributed by atoms with Crippen LogP contribution in [0.4, 0.5) is 0 Å². The highest BCUT2D eigenvalue weighted by Gasteiger charge is 2.29. The number of benzene rings is 1. The van der Waals surface area contributed by atoms with Crippen molar-refractivity contribution >= 4 is 5.91 Å². The van der Waals surface area contributed by atoms with Gasteiger partial charge in [-0.1, -0.05) is 24.3 Å². The molecule has 0 bridgehead atoms. The zero-order valence-electron chi connectivity index (χ0n) is 11.3. The molecule has 102 valence electrons. The van der Waals surface area contributed by atoms with Gasteiger partial charge in [0.1, 0.15) is 0 Å². The van der Waals surface area contributed by atoms with Gasteiger partial charge >= 0.3 is 0 Å². The van der Waals surface area contributed by atoms with Crippen LogP contribution in [0.1, 0.15) is 30.4 Å². The van der Waals surface area contributed by atoms with Crippen LogP contribution in [0.25, 0.3) is 0 Å². The SMILES string of the molecule is O=C(NCCNC1CCc2ccccc2C1)C1CC1. The topological polar surface area (TPSA) is 41.1 Å². The maximum Gasteiger partial charge on any atom is 0.223 e. The molecule has 3 rings (SSSR count). The summed E-state index contributed by atoms with van der Waals surface area (Å²) in [6.45, 7) is 1.64. The Morgan fingerprint density at radius 2 is 1.89 bits per heavy atom. The average molecular weight is 258 g/mol. The van der Waals surface area contributed by atoms with Crippen molar-refractivity contribution < 1.29 is 4.79 Å². The predicted octanol–water partition coefficient (Wildman–Crippen LogP) is 1.66. The minimum atomic E-state index is 0.246. The van der Waals surface area contributed by atoms with E-state index in [1.54, 1.807) is 0 Å². The van der Waals surface area contributed by atoms with Gasteiger partial charge in [-0.05, 0) is 43.2 Å². The normalized spacial score (nSPS) is 21.8. The summed E-state index contributed by atoms with van der Waals surface area (Å²) in [6.07, 6.45) is 5.65. The fourth-order valence-electron chi connectivity index (χ4n) is 2.82. The molecule has 1 fully saturated rings. The first kappa shape index (κ1) is 12.7. The molecule has 2 aliphatic carbocycles. The second-order valence-corrected chi connectivity index (χ2v) is 5.73. The lowest BCUT2D eigenvalue weighted by atomic mass is 9.88. The number of carbonyl (C=O) groups is 1. The maximum absolute atomic E-state index is 11.5. The molecule has 0 radical (unpaired) electrons. The Morgan fingerprint density at radius 1 is 1.11 bits per heavy atom. The quantitative estimate of drug-likeness (QED) is 0.789. The van der Waals surface area contributed by atoms with Crippen molar-refractivity contribution in [2.24, 2.45) is 5.92 Å². The second kappa shape index (κ2) is 5.74. The van der Waals surface area contributed by atoms with Crippen LogP contribution in [-0.2, 0) is 17.6 Å². The third-order valence-electron chi connectivity index (χ3n) is 4.15. The van der Waals surface area contributed by atoms with Crippen molar-refractivity contribution in [1.29, 1.82) is 0 Å². The summed E-state index contributed by atoms with van der Waals surface area (Å²) >= 11 is 0. The standard InChI is InChI=1S/C16H22N2O/c19-16(13-5-6-13)18-10-9-17-15-8-7-12-3-1-2-4-14(12)11-15/h1-4,13,15,17H,5-11H2,(H,18,19). The summed E-state index contributed by atoms with van der Waals surface area (Å²) in [5.74, 6) is 0.567. The van der Waals surface area contributed by atoms with E-state index in [0.717, 1.165) is 32.4 Å². The first-order valence-electron chi connectivity index (χ1n) is 7.41. The van der Waals surface area contributed by atoms with Crippen LogP contribution < -0.4 is 10.6 Å². The molecule has 0 aliphatic heterocycles. The van der Waals surface area contributed by atoms with Gasteiger partial charge in [-0.15, -0.1) is 0 Å². The lowest BCUT2D eigenvalue weighted by Gasteiger charge is -2.25. The highest BCUT2D eigenvalue weighted by molar-refractivity contribution is 5.80. The highest BCUT2D eigenvalue weighted by atomic mass is 16.2. The van der Waals surface area contributed by atoms with E-state index < -0.39 is 0 Å². The molecular weight excluding hydrogens is 236 g/mol. The number of fused-ring (bicyclic) bond motifs is 1. The van der Waals surface area contributed by atoms with Crippen LogP contribution >= 0.6 is 0 Å². The molecule has 1 aromatic rings. The maximum atomic E-state index is 11.5. The zero-order valence-corrected chi connectivity index (χ0v) is 11.3. The minimum absolute atomic E-state index is 0.246. The van der Waals surface area contributed by atoms with Gasteiger partial charge in [0.05, 0.1) is 0 Å². The molecule has 2 N–H and O–H groups in total. The Balaban J connectivity index is 1.38. The molecule has 3 heteroatoms. The number of nitrogens with one attached hydrogen (secondary N) is 2. The molecule has 1 unspecified atom stereocenters. The van der Waals surface area contributed by atoms with Gasteiger partial charge in [-0.25, -0.2) is 0 Å². The van der Waals surface area contributed by atoms with Crippen LogP contribution in [0.5, 0.6) is 0 Å². The number of aryl methyl sites for hydroxylation is 1. The van der Waals surface area contributed by atoms with Crippen LogP contribution in [0, 0.1) is 5.92 Å². The first-order chi connectivity index (χ1) is 9.33. The summed E-state index contributed by atoms with van der Waals surface area (Å²) in [7, 11) is 0. The molecule has 1 saturated carbocycles. The zero-order chi connectivity index (χ0) is 13.1. The Labute approximate surface area is 114 Å². The summed E-state index contributed by atoms with van der Waals surface area (Å²) < 4.78 is 0. The number of hydrogen-bond donors (Lipinski definition) is 2. The van der Waals surface area contributed by atoms with Crippen molar-refractivity contribution in [1.82, 2.24) is 10.6 Å². The molecule has 0 saturated heterocycles. The Kier molecular flexibility index (Phi) is 3.83. The van der Waals surface area contributed by atoms with Crippen LogP contribution in [0.15, 0.2) is 24.3 Å². The summed E-state index contributed by atoms with van der Waals surface area (Å²) in [4.78, 5) is 11.5. The van der Waals surface area contributed by atoms with Gasteiger partial charge in [0.25, 0.3) is 0 Å². The molecule has 0 heterocycles. The van der Waals surface area contributed by atoms with Crippen molar-refractivity contribution in [3.05, 3.63) is 35.4 Å².